The van der Waals surface area contributed by atoms with Crippen LogP contribution in [0, 0.1) is 5.92 Å². The van der Waals surface area contributed by atoms with Gasteiger partial charge in [0, 0.05) is 16.3 Å². The van der Waals surface area contributed by atoms with Crippen molar-refractivity contribution in [2.24, 2.45) is 11.7 Å². The van der Waals surface area contributed by atoms with E-state index >= 15 is 0 Å². The molecule has 72 valence electrons. The second kappa shape index (κ2) is 4.78. The van der Waals surface area contributed by atoms with Gasteiger partial charge in [-0.05, 0) is 0 Å². The summed E-state index contributed by atoms with van der Waals surface area (Å²) in [6.45, 7) is 0. The van der Waals surface area contributed by atoms with E-state index in [4.69, 9.17) is 17.3 Å². The van der Waals surface area contributed by atoms with Crippen molar-refractivity contribution in [1.82, 2.24) is 0 Å². The maximum atomic E-state index is 5.88. The molecule has 2 unspecified atom stereocenters. The van der Waals surface area contributed by atoms with E-state index in [1.165, 1.54) is 0 Å². The third-order valence-corrected chi connectivity index (χ3v) is 4.04. The predicted molar refractivity (Wildman–Crippen MR) is 65.3 cm³/mol. The summed E-state index contributed by atoms with van der Waals surface area (Å²) in [6, 6.07) is 0. The summed E-state index contributed by atoms with van der Waals surface area (Å²) >= 11 is 12.3. The highest BCUT2D eigenvalue weighted by Crippen LogP contribution is 2.33. The van der Waals surface area contributed by atoms with Gasteiger partial charge in [0.2, 0.25) is 0 Å². The Morgan fingerprint density at radius 3 is 2.92 bits per heavy atom. The second-order valence-corrected chi connectivity index (χ2v) is 5.28. The molecule has 1 aliphatic carbocycles. The average Bonchev–Trinajstić information content (AvgIpc) is 2.07. The summed E-state index contributed by atoms with van der Waals surface area (Å²) in [5.41, 5.74) is 5.88. The minimum atomic E-state index is -0.543. The minimum absolute atomic E-state index is 0.280. The fourth-order valence-corrected chi connectivity index (χ4v) is 1.84. The van der Waals surface area contributed by atoms with E-state index in [0.29, 0.717) is 5.88 Å². The van der Waals surface area contributed by atoms with Crippen LogP contribution >= 0.6 is 43.5 Å². The average molecular weight is 327 g/mol. The molecule has 2 atom stereocenters. The monoisotopic (exact) mass is 325 g/mol. The highest BCUT2D eigenvalue weighted by molar-refractivity contribution is 9.14. The Kier molecular flexibility index (Phi) is 4.23. The largest absolute Gasteiger partial charge is 0.309 e. The number of hydrogen-bond donors (Lipinski definition) is 1. The van der Waals surface area contributed by atoms with Gasteiger partial charge in [-0.25, -0.2) is 0 Å². The first-order valence-electron chi connectivity index (χ1n) is 3.84. The normalized spacial score (nSPS) is 33.8. The molecule has 1 rings (SSSR count). The zero-order valence-electron chi connectivity index (χ0n) is 6.88. The molecule has 0 saturated carbocycles. The molecule has 1 aliphatic rings. The molecule has 0 aliphatic heterocycles. The molecular weight excluding hydrogens is 317 g/mol. The fourth-order valence-electron chi connectivity index (χ4n) is 1.01. The van der Waals surface area contributed by atoms with Gasteiger partial charge in [-0.2, -0.15) is 0 Å². The molecule has 0 bridgehead atoms. The Bertz CT molecular complexity index is 269. The third kappa shape index (κ3) is 3.24. The van der Waals surface area contributed by atoms with Gasteiger partial charge >= 0.3 is 0 Å². The SMILES string of the molecule is NC1(Br)C=CC(/C=C/CCl)C=C1Br. The van der Waals surface area contributed by atoms with Gasteiger partial charge in [-0.15, -0.1) is 11.6 Å². The van der Waals surface area contributed by atoms with Crippen LogP contribution in [0.5, 0.6) is 0 Å². The van der Waals surface area contributed by atoms with Crippen LogP contribution in [-0.4, -0.2) is 10.3 Å². The van der Waals surface area contributed by atoms with Crippen LogP contribution in [0.25, 0.3) is 0 Å². The van der Waals surface area contributed by atoms with Crippen molar-refractivity contribution < 1.29 is 0 Å². The van der Waals surface area contributed by atoms with E-state index in [1.807, 2.05) is 30.4 Å². The Balaban J connectivity index is 2.72. The van der Waals surface area contributed by atoms with Crippen LogP contribution in [0.15, 0.2) is 34.9 Å². The van der Waals surface area contributed by atoms with Crippen molar-refractivity contribution in [3.05, 3.63) is 34.9 Å². The molecule has 0 aromatic heterocycles. The standard InChI is InChI=1S/C9H10Br2ClN/c10-8-6-7(2-1-5-12)3-4-9(8,11)13/h1-4,6-7H,5,13H2/b2-1+. The lowest BCUT2D eigenvalue weighted by Gasteiger charge is -2.23. The molecule has 0 heterocycles. The Hall–Kier alpha value is 0.430. The third-order valence-electron chi connectivity index (χ3n) is 1.71. The van der Waals surface area contributed by atoms with E-state index in [2.05, 4.69) is 31.9 Å². The Morgan fingerprint density at radius 2 is 2.38 bits per heavy atom. The quantitative estimate of drug-likeness (QED) is 0.470. The van der Waals surface area contributed by atoms with Crippen molar-refractivity contribution in [1.29, 1.82) is 0 Å². The minimum Gasteiger partial charge on any atom is -0.309 e. The molecule has 0 aromatic rings. The van der Waals surface area contributed by atoms with Crippen LogP contribution in [-0.2, 0) is 0 Å². The van der Waals surface area contributed by atoms with Gasteiger partial charge in [-0.1, -0.05) is 62.2 Å². The fraction of sp³-hybridized carbons (Fsp3) is 0.333. The first-order valence-corrected chi connectivity index (χ1v) is 5.96. The zero-order chi connectivity index (χ0) is 9.90. The highest BCUT2D eigenvalue weighted by Gasteiger charge is 2.24. The molecule has 0 spiro atoms. The lowest BCUT2D eigenvalue weighted by molar-refractivity contribution is 0.881. The zero-order valence-corrected chi connectivity index (χ0v) is 10.8. The smallest absolute Gasteiger partial charge is 0.122 e. The van der Waals surface area contributed by atoms with Crippen molar-refractivity contribution in [3.8, 4) is 0 Å². The predicted octanol–water partition coefficient (Wildman–Crippen LogP) is 3.30. The van der Waals surface area contributed by atoms with E-state index in [-0.39, 0.29) is 5.92 Å². The number of alkyl halides is 2. The number of rotatable bonds is 2. The van der Waals surface area contributed by atoms with Gasteiger partial charge in [0.1, 0.15) is 4.45 Å². The van der Waals surface area contributed by atoms with Crippen molar-refractivity contribution in [2.75, 3.05) is 5.88 Å². The molecule has 0 aromatic carbocycles. The number of halogens is 3. The van der Waals surface area contributed by atoms with Crippen LogP contribution in [0.1, 0.15) is 0 Å². The second-order valence-electron chi connectivity index (χ2n) is 2.80. The van der Waals surface area contributed by atoms with E-state index in [9.17, 15) is 0 Å². The summed E-state index contributed by atoms with van der Waals surface area (Å²) in [7, 11) is 0. The maximum absolute atomic E-state index is 5.88. The van der Waals surface area contributed by atoms with Crippen molar-refractivity contribution >= 4 is 43.5 Å². The number of hydrogen-bond acceptors (Lipinski definition) is 1. The lowest BCUT2D eigenvalue weighted by Crippen LogP contribution is -2.32. The Labute approximate surface area is 100.0 Å². The van der Waals surface area contributed by atoms with E-state index < -0.39 is 4.45 Å². The topological polar surface area (TPSA) is 26.0 Å². The number of allylic oxidation sites excluding steroid dienone is 4. The Morgan fingerprint density at radius 1 is 1.69 bits per heavy atom. The van der Waals surface area contributed by atoms with Gasteiger partial charge in [-0.3, -0.25) is 0 Å². The summed E-state index contributed by atoms with van der Waals surface area (Å²) in [6.07, 6.45) is 9.94. The molecule has 13 heavy (non-hydrogen) atoms. The summed E-state index contributed by atoms with van der Waals surface area (Å²) in [5, 5.41) is 0. The molecular formula is C9H10Br2ClN. The van der Waals surface area contributed by atoms with Gasteiger partial charge in [0.25, 0.3) is 0 Å². The molecule has 0 saturated heterocycles. The van der Waals surface area contributed by atoms with Gasteiger partial charge in [0.05, 0.1) is 0 Å². The number of nitrogens with two attached hydrogens (primary N) is 1. The van der Waals surface area contributed by atoms with Crippen molar-refractivity contribution in [2.45, 2.75) is 4.45 Å². The van der Waals surface area contributed by atoms with Crippen LogP contribution in [0.3, 0.4) is 0 Å². The molecule has 4 heteroatoms. The first-order chi connectivity index (χ1) is 6.06. The summed E-state index contributed by atoms with van der Waals surface area (Å²) in [4.78, 5) is 0. The molecule has 0 radical (unpaired) electrons. The van der Waals surface area contributed by atoms with E-state index in [0.717, 1.165) is 4.48 Å². The van der Waals surface area contributed by atoms with Crippen LogP contribution < -0.4 is 5.73 Å². The molecule has 0 amide bonds. The van der Waals surface area contributed by atoms with Crippen molar-refractivity contribution in [3.63, 3.8) is 0 Å². The van der Waals surface area contributed by atoms with Gasteiger partial charge < -0.3 is 5.73 Å². The van der Waals surface area contributed by atoms with Crippen LogP contribution in [0.4, 0.5) is 0 Å². The van der Waals surface area contributed by atoms with E-state index in [1.54, 1.807) is 0 Å². The molecule has 1 nitrogen and oxygen atoms in total. The molecule has 0 fully saturated rings. The van der Waals surface area contributed by atoms with Gasteiger partial charge in [0.15, 0.2) is 0 Å². The summed E-state index contributed by atoms with van der Waals surface area (Å²) in [5.74, 6) is 0.820. The molecule has 2 N–H and O–H groups in total. The maximum Gasteiger partial charge on any atom is 0.122 e. The first kappa shape index (κ1) is 11.5. The highest BCUT2D eigenvalue weighted by atomic mass is 79.9. The lowest BCUT2D eigenvalue weighted by atomic mass is 10.0. The summed E-state index contributed by atoms with van der Waals surface area (Å²) < 4.78 is 0.393. The van der Waals surface area contributed by atoms with Crippen LogP contribution in [0.2, 0.25) is 0 Å².